The SMILES string of the molecule is COCC(C)CC(=O)N1CCOC(C(=O)OC)C1. The Hall–Kier alpha value is -1.14. The van der Waals surface area contributed by atoms with Crippen LogP contribution in [-0.2, 0) is 23.8 Å². The van der Waals surface area contributed by atoms with E-state index >= 15 is 0 Å². The van der Waals surface area contributed by atoms with Crippen LogP contribution in [0, 0.1) is 5.92 Å². The maximum atomic E-state index is 12.0. The summed E-state index contributed by atoms with van der Waals surface area (Å²) in [6.07, 6.45) is -0.243. The quantitative estimate of drug-likeness (QED) is 0.653. The summed E-state index contributed by atoms with van der Waals surface area (Å²) in [4.78, 5) is 25.0. The van der Waals surface area contributed by atoms with E-state index in [-0.39, 0.29) is 18.4 Å². The summed E-state index contributed by atoms with van der Waals surface area (Å²) in [7, 11) is 2.93. The standard InChI is InChI=1S/C12H21NO5/c1-9(8-16-2)6-11(14)13-4-5-18-10(7-13)12(15)17-3/h9-10H,4-8H2,1-3H3. The second kappa shape index (κ2) is 7.33. The van der Waals surface area contributed by atoms with Gasteiger partial charge in [0.25, 0.3) is 0 Å². The molecule has 104 valence electrons. The molecule has 0 bridgehead atoms. The first kappa shape index (κ1) is 14.9. The third-order valence-corrected chi connectivity index (χ3v) is 2.86. The van der Waals surface area contributed by atoms with Crippen molar-refractivity contribution in [3.05, 3.63) is 0 Å². The van der Waals surface area contributed by atoms with E-state index < -0.39 is 12.1 Å². The van der Waals surface area contributed by atoms with Crippen LogP contribution in [0.2, 0.25) is 0 Å². The molecule has 6 heteroatoms. The molecule has 18 heavy (non-hydrogen) atoms. The first-order valence-corrected chi connectivity index (χ1v) is 6.04. The third kappa shape index (κ3) is 4.27. The molecule has 0 N–H and O–H groups in total. The number of hydrogen-bond donors (Lipinski definition) is 0. The molecule has 0 aliphatic carbocycles. The minimum absolute atomic E-state index is 0.0248. The van der Waals surface area contributed by atoms with Gasteiger partial charge in [0.2, 0.25) is 5.91 Å². The summed E-state index contributed by atoms with van der Waals surface area (Å²) in [5, 5.41) is 0. The van der Waals surface area contributed by atoms with E-state index in [9.17, 15) is 9.59 Å². The average Bonchev–Trinajstić information content (AvgIpc) is 2.38. The van der Waals surface area contributed by atoms with Crippen LogP contribution >= 0.6 is 0 Å². The van der Waals surface area contributed by atoms with E-state index in [1.54, 1.807) is 12.0 Å². The zero-order valence-corrected chi connectivity index (χ0v) is 11.2. The van der Waals surface area contributed by atoms with E-state index in [0.717, 1.165) is 0 Å². The van der Waals surface area contributed by atoms with Crippen LogP contribution in [0.25, 0.3) is 0 Å². The van der Waals surface area contributed by atoms with Gasteiger partial charge < -0.3 is 19.1 Å². The number of carbonyl (C=O) groups excluding carboxylic acids is 2. The predicted molar refractivity (Wildman–Crippen MR) is 64.0 cm³/mol. The van der Waals surface area contributed by atoms with Gasteiger partial charge >= 0.3 is 5.97 Å². The largest absolute Gasteiger partial charge is 0.467 e. The molecule has 2 unspecified atom stereocenters. The third-order valence-electron chi connectivity index (χ3n) is 2.86. The molecule has 6 nitrogen and oxygen atoms in total. The van der Waals surface area contributed by atoms with Gasteiger partial charge in [0, 0.05) is 26.7 Å². The summed E-state index contributed by atoms with van der Waals surface area (Å²) in [5.74, 6) is -0.240. The number of morpholine rings is 1. The molecule has 1 fully saturated rings. The molecule has 0 aromatic carbocycles. The number of ether oxygens (including phenoxy) is 3. The Morgan fingerprint density at radius 2 is 2.17 bits per heavy atom. The van der Waals surface area contributed by atoms with Crippen molar-refractivity contribution >= 4 is 11.9 Å². The van der Waals surface area contributed by atoms with Crippen molar-refractivity contribution in [2.75, 3.05) is 40.5 Å². The van der Waals surface area contributed by atoms with Gasteiger partial charge in [-0.25, -0.2) is 4.79 Å². The lowest BCUT2D eigenvalue weighted by Crippen LogP contribution is -2.49. The highest BCUT2D eigenvalue weighted by molar-refractivity contribution is 5.79. The van der Waals surface area contributed by atoms with E-state index in [2.05, 4.69) is 4.74 Å². The van der Waals surface area contributed by atoms with Gasteiger partial charge in [-0.3, -0.25) is 4.79 Å². The van der Waals surface area contributed by atoms with E-state index in [1.165, 1.54) is 7.11 Å². The van der Waals surface area contributed by atoms with Crippen LogP contribution < -0.4 is 0 Å². The van der Waals surface area contributed by atoms with Gasteiger partial charge in [0.05, 0.1) is 20.3 Å². The van der Waals surface area contributed by atoms with Crippen molar-refractivity contribution in [1.82, 2.24) is 4.90 Å². The zero-order chi connectivity index (χ0) is 13.5. The molecule has 1 saturated heterocycles. The van der Waals surface area contributed by atoms with Crippen LogP contribution in [0.4, 0.5) is 0 Å². The van der Waals surface area contributed by atoms with E-state index in [4.69, 9.17) is 9.47 Å². The van der Waals surface area contributed by atoms with Gasteiger partial charge in [0.1, 0.15) is 0 Å². The van der Waals surface area contributed by atoms with Gasteiger partial charge in [-0.2, -0.15) is 0 Å². The molecule has 0 saturated carbocycles. The summed E-state index contributed by atoms with van der Waals surface area (Å²) in [5.41, 5.74) is 0. The van der Waals surface area contributed by atoms with Crippen molar-refractivity contribution < 1.29 is 23.8 Å². The smallest absolute Gasteiger partial charge is 0.336 e. The van der Waals surface area contributed by atoms with E-state index in [1.807, 2.05) is 6.92 Å². The number of rotatable bonds is 5. The van der Waals surface area contributed by atoms with Gasteiger partial charge in [0.15, 0.2) is 6.10 Å². The first-order chi connectivity index (χ1) is 8.58. The summed E-state index contributed by atoms with van der Waals surface area (Å²) in [6, 6.07) is 0. The van der Waals surface area contributed by atoms with Crippen LogP contribution in [0.1, 0.15) is 13.3 Å². The highest BCUT2D eigenvalue weighted by Crippen LogP contribution is 2.11. The van der Waals surface area contributed by atoms with Gasteiger partial charge in [-0.15, -0.1) is 0 Å². The maximum Gasteiger partial charge on any atom is 0.336 e. The van der Waals surface area contributed by atoms with E-state index in [0.29, 0.717) is 26.2 Å². The van der Waals surface area contributed by atoms with Crippen LogP contribution in [-0.4, -0.2) is 63.4 Å². The minimum atomic E-state index is -0.662. The van der Waals surface area contributed by atoms with Crippen molar-refractivity contribution in [3.8, 4) is 0 Å². The number of hydrogen-bond acceptors (Lipinski definition) is 5. The van der Waals surface area contributed by atoms with Crippen LogP contribution in [0.3, 0.4) is 0 Å². The molecule has 1 aliphatic rings. The lowest BCUT2D eigenvalue weighted by molar-refractivity contribution is -0.162. The van der Waals surface area contributed by atoms with Crippen molar-refractivity contribution in [2.24, 2.45) is 5.92 Å². The highest BCUT2D eigenvalue weighted by Gasteiger charge is 2.30. The monoisotopic (exact) mass is 259 g/mol. The Bertz CT molecular complexity index is 294. The number of esters is 1. The topological polar surface area (TPSA) is 65.1 Å². The lowest BCUT2D eigenvalue weighted by Gasteiger charge is -2.32. The fourth-order valence-electron chi connectivity index (χ4n) is 1.92. The molecule has 1 rings (SSSR count). The average molecular weight is 259 g/mol. The second-order valence-corrected chi connectivity index (χ2v) is 4.49. The Morgan fingerprint density at radius 1 is 1.44 bits per heavy atom. The summed E-state index contributed by atoms with van der Waals surface area (Å²) < 4.78 is 14.9. The number of amides is 1. The van der Waals surface area contributed by atoms with Crippen LogP contribution in [0.5, 0.6) is 0 Å². The fraction of sp³-hybridized carbons (Fsp3) is 0.833. The number of methoxy groups -OCH3 is 2. The molecule has 0 spiro atoms. The summed E-state index contributed by atoms with van der Waals surface area (Å²) >= 11 is 0. The Balaban J connectivity index is 2.45. The number of nitrogens with zero attached hydrogens (tertiary/aromatic N) is 1. The predicted octanol–water partition coefficient (Wildman–Crippen LogP) is 0.0594. The molecule has 1 heterocycles. The Morgan fingerprint density at radius 3 is 2.78 bits per heavy atom. The highest BCUT2D eigenvalue weighted by atomic mass is 16.6. The normalized spacial score (nSPS) is 21.5. The lowest BCUT2D eigenvalue weighted by atomic mass is 10.1. The second-order valence-electron chi connectivity index (χ2n) is 4.49. The summed E-state index contributed by atoms with van der Waals surface area (Å²) in [6.45, 7) is 3.66. The Kier molecular flexibility index (Phi) is 6.07. The van der Waals surface area contributed by atoms with Crippen molar-refractivity contribution in [3.63, 3.8) is 0 Å². The van der Waals surface area contributed by atoms with Crippen molar-refractivity contribution in [2.45, 2.75) is 19.4 Å². The maximum absolute atomic E-state index is 12.0. The molecule has 0 aromatic heterocycles. The fourth-order valence-corrected chi connectivity index (χ4v) is 1.92. The van der Waals surface area contributed by atoms with Crippen LogP contribution in [0.15, 0.2) is 0 Å². The molecule has 2 atom stereocenters. The minimum Gasteiger partial charge on any atom is -0.467 e. The first-order valence-electron chi connectivity index (χ1n) is 6.04. The molecular weight excluding hydrogens is 238 g/mol. The zero-order valence-electron chi connectivity index (χ0n) is 11.2. The van der Waals surface area contributed by atoms with Gasteiger partial charge in [-0.05, 0) is 5.92 Å². The van der Waals surface area contributed by atoms with Crippen molar-refractivity contribution in [1.29, 1.82) is 0 Å². The molecule has 1 amide bonds. The Labute approximate surface area is 107 Å². The molecule has 0 radical (unpaired) electrons. The number of carbonyl (C=O) groups is 2. The molecular formula is C12H21NO5. The molecule has 1 aliphatic heterocycles. The van der Waals surface area contributed by atoms with Gasteiger partial charge in [-0.1, -0.05) is 6.92 Å². The molecule has 0 aromatic rings.